The van der Waals surface area contributed by atoms with Crippen molar-refractivity contribution in [2.45, 2.75) is 54.0 Å². The lowest BCUT2D eigenvalue weighted by Gasteiger charge is -2.22. The smallest absolute Gasteiger partial charge is 0.310 e. The Hall–Kier alpha value is -2.85. The van der Waals surface area contributed by atoms with E-state index in [-0.39, 0.29) is 19.4 Å². The van der Waals surface area contributed by atoms with Crippen molar-refractivity contribution in [2.24, 2.45) is 5.92 Å². The van der Waals surface area contributed by atoms with Gasteiger partial charge in [-0.1, -0.05) is 25.4 Å². The molecule has 1 aromatic carbocycles. The third-order valence-electron chi connectivity index (χ3n) is 4.95. The van der Waals surface area contributed by atoms with Crippen molar-refractivity contribution in [3.05, 3.63) is 45.7 Å². The molecule has 0 N–H and O–H groups in total. The second kappa shape index (κ2) is 11.0. The Balaban J connectivity index is 2.05. The maximum Gasteiger partial charge on any atom is 0.310 e. The standard InChI is InChI=1S/C23H29ClN4O3/c1-15(2)13-28-18(5)20(17(4)26-28)12-23(30)31-14-22(29)27(10-6-9-25)19-7-8-21(24)16(3)11-19/h7-8,11,15H,6,10,12-14H2,1-5H3. The molecule has 0 aliphatic carbocycles. The fourth-order valence-electron chi connectivity index (χ4n) is 3.29. The SMILES string of the molecule is Cc1cc(N(CCC#N)C(=O)COC(=O)Cc2c(C)nn(CC(C)C)c2C)ccc1Cl. The molecular formula is C23H29ClN4O3. The maximum absolute atomic E-state index is 12.8. The normalized spacial score (nSPS) is 10.8. The second-order valence-electron chi connectivity index (χ2n) is 7.95. The minimum absolute atomic E-state index is 0.0568. The quantitative estimate of drug-likeness (QED) is 0.542. The fourth-order valence-corrected chi connectivity index (χ4v) is 3.40. The van der Waals surface area contributed by atoms with Gasteiger partial charge in [0.15, 0.2) is 6.61 Å². The predicted molar refractivity (Wildman–Crippen MR) is 120 cm³/mol. The lowest BCUT2D eigenvalue weighted by atomic mass is 10.1. The monoisotopic (exact) mass is 444 g/mol. The first-order valence-corrected chi connectivity index (χ1v) is 10.6. The number of aromatic nitrogens is 2. The van der Waals surface area contributed by atoms with Crippen LogP contribution in [-0.4, -0.2) is 34.8 Å². The van der Waals surface area contributed by atoms with E-state index in [2.05, 4.69) is 18.9 Å². The van der Waals surface area contributed by atoms with Crippen LogP contribution in [0, 0.1) is 38.0 Å². The van der Waals surface area contributed by atoms with Crippen molar-refractivity contribution in [1.82, 2.24) is 9.78 Å². The molecule has 1 aromatic heterocycles. The average molecular weight is 445 g/mol. The van der Waals surface area contributed by atoms with Gasteiger partial charge in [-0.25, -0.2) is 0 Å². The molecular weight excluding hydrogens is 416 g/mol. The largest absolute Gasteiger partial charge is 0.455 e. The third-order valence-corrected chi connectivity index (χ3v) is 5.37. The summed E-state index contributed by atoms with van der Waals surface area (Å²) in [5.41, 5.74) is 3.97. The number of rotatable bonds is 9. The summed E-state index contributed by atoms with van der Waals surface area (Å²) in [5, 5.41) is 14.0. The molecule has 166 valence electrons. The molecule has 0 saturated heterocycles. The molecule has 0 atom stereocenters. The molecule has 0 bridgehead atoms. The van der Waals surface area contributed by atoms with E-state index in [9.17, 15) is 9.59 Å². The van der Waals surface area contributed by atoms with Crippen LogP contribution in [0.4, 0.5) is 5.69 Å². The number of amides is 1. The van der Waals surface area contributed by atoms with Crippen LogP contribution in [-0.2, 0) is 27.3 Å². The number of halogens is 1. The molecule has 0 aliphatic heterocycles. The van der Waals surface area contributed by atoms with E-state index in [4.69, 9.17) is 21.6 Å². The van der Waals surface area contributed by atoms with Crippen molar-refractivity contribution in [3.63, 3.8) is 0 Å². The molecule has 0 fully saturated rings. The minimum atomic E-state index is -0.490. The van der Waals surface area contributed by atoms with Crippen LogP contribution in [0.15, 0.2) is 18.2 Å². The van der Waals surface area contributed by atoms with Crippen LogP contribution >= 0.6 is 11.6 Å². The highest BCUT2D eigenvalue weighted by atomic mass is 35.5. The lowest BCUT2D eigenvalue weighted by molar-refractivity contribution is -0.147. The van der Waals surface area contributed by atoms with E-state index in [0.29, 0.717) is 16.6 Å². The van der Waals surface area contributed by atoms with Crippen LogP contribution in [0.2, 0.25) is 5.02 Å². The van der Waals surface area contributed by atoms with Crippen molar-refractivity contribution in [2.75, 3.05) is 18.1 Å². The van der Waals surface area contributed by atoms with Crippen LogP contribution < -0.4 is 4.90 Å². The van der Waals surface area contributed by atoms with Crippen LogP contribution in [0.1, 0.15) is 42.8 Å². The van der Waals surface area contributed by atoms with Gasteiger partial charge in [0.2, 0.25) is 0 Å². The Morgan fingerprint density at radius 2 is 2.00 bits per heavy atom. The number of esters is 1. The van der Waals surface area contributed by atoms with Crippen molar-refractivity contribution >= 4 is 29.2 Å². The van der Waals surface area contributed by atoms with Crippen molar-refractivity contribution < 1.29 is 14.3 Å². The molecule has 0 aliphatic rings. The van der Waals surface area contributed by atoms with Gasteiger partial charge in [-0.3, -0.25) is 14.3 Å². The Kier molecular flexibility index (Phi) is 8.64. The first-order valence-electron chi connectivity index (χ1n) is 10.3. The molecule has 0 radical (unpaired) electrons. The molecule has 1 heterocycles. The van der Waals surface area contributed by atoms with Gasteiger partial charge < -0.3 is 9.64 Å². The van der Waals surface area contributed by atoms with Crippen LogP contribution in [0.3, 0.4) is 0 Å². The molecule has 1 amide bonds. The van der Waals surface area contributed by atoms with Gasteiger partial charge in [0.1, 0.15) is 0 Å². The van der Waals surface area contributed by atoms with Gasteiger partial charge >= 0.3 is 5.97 Å². The van der Waals surface area contributed by atoms with Crippen LogP contribution in [0.5, 0.6) is 0 Å². The van der Waals surface area contributed by atoms with Gasteiger partial charge in [0.05, 0.1) is 24.6 Å². The summed E-state index contributed by atoms with van der Waals surface area (Å²) in [6, 6.07) is 7.22. The second-order valence-corrected chi connectivity index (χ2v) is 8.36. The number of ether oxygens (including phenoxy) is 1. The molecule has 31 heavy (non-hydrogen) atoms. The van der Waals surface area contributed by atoms with Gasteiger partial charge in [-0.2, -0.15) is 10.4 Å². The molecule has 0 saturated carbocycles. The number of hydrogen-bond acceptors (Lipinski definition) is 5. The van der Waals surface area contributed by atoms with E-state index in [0.717, 1.165) is 29.1 Å². The maximum atomic E-state index is 12.8. The van der Waals surface area contributed by atoms with Gasteiger partial charge in [0.25, 0.3) is 5.91 Å². The summed E-state index contributed by atoms with van der Waals surface area (Å²) in [6.45, 7) is 10.4. The number of hydrogen-bond donors (Lipinski definition) is 0. The Morgan fingerprint density at radius 1 is 1.29 bits per heavy atom. The number of nitriles is 1. The molecule has 0 spiro atoms. The minimum Gasteiger partial charge on any atom is -0.455 e. The van der Waals surface area contributed by atoms with Gasteiger partial charge in [-0.05, 0) is 50.5 Å². The number of carbonyl (C=O) groups excluding carboxylic acids is 2. The number of carbonyl (C=O) groups is 2. The number of benzene rings is 1. The topological polar surface area (TPSA) is 88.2 Å². The lowest BCUT2D eigenvalue weighted by Crippen LogP contribution is -2.35. The Labute approximate surface area is 188 Å². The molecule has 7 nitrogen and oxygen atoms in total. The van der Waals surface area contributed by atoms with Crippen molar-refractivity contribution in [1.29, 1.82) is 5.26 Å². The van der Waals surface area contributed by atoms with E-state index < -0.39 is 18.5 Å². The number of aryl methyl sites for hydroxylation is 2. The van der Waals surface area contributed by atoms with E-state index in [1.54, 1.807) is 18.2 Å². The van der Waals surface area contributed by atoms with Crippen molar-refractivity contribution in [3.8, 4) is 6.07 Å². The zero-order valence-corrected chi connectivity index (χ0v) is 19.5. The summed E-state index contributed by atoms with van der Waals surface area (Å²) in [4.78, 5) is 26.6. The summed E-state index contributed by atoms with van der Waals surface area (Å²) >= 11 is 6.07. The first-order chi connectivity index (χ1) is 14.6. The molecule has 8 heteroatoms. The summed E-state index contributed by atoms with van der Waals surface area (Å²) in [5.74, 6) is -0.447. The summed E-state index contributed by atoms with van der Waals surface area (Å²) < 4.78 is 7.17. The Morgan fingerprint density at radius 3 is 2.61 bits per heavy atom. The van der Waals surface area contributed by atoms with Crippen LogP contribution in [0.25, 0.3) is 0 Å². The highest BCUT2D eigenvalue weighted by molar-refractivity contribution is 6.31. The Bertz CT molecular complexity index is 991. The summed E-state index contributed by atoms with van der Waals surface area (Å²) in [7, 11) is 0. The highest BCUT2D eigenvalue weighted by Gasteiger charge is 2.20. The zero-order valence-electron chi connectivity index (χ0n) is 18.7. The molecule has 0 unspecified atom stereocenters. The molecule has 2 rings (SSSR count). The zero-order chi connectivity index (χ0) is 23.1. The number of nitrogens with zero attached hydrogens (tertiary/aromatic N) is 4. The predicted octanol–water partition coefficient (Wildman–Crippen LogP) is 4.15. The molecule has 2 aromatic rings. The van der Waals surface area contributed by atoms with Gasteiger partial charge in [-0.15, -0.1) is 0 Å². The fraction of sp³-hybridized carbons (Fsp3) is 0.478. The van der Waals surface area contributed by atoms with E-state index in [1.165, 1.54) is 4.90 Å². The number of anilines is 1. The van der Waals surface area contributed by atoms with E-state index >= 15 is 0 Å². The van der Waals surface area contributed by atoms with E-state index in [1.807, 2.05) is 31.5 Å². The first kappa shape index (κ1) is 24.4. The third kappa shape index (κ3) is 6.56. The van der Waals surface area contributed by atoms with Gasteiger partial charge in [0, 0.05) is 35.1 Å². The average Bonchev–Trinajstić information content (AvgIpc) is 2.96. The summed E-state index contributed by atoms with van der Waals surface area (Å²) in [6.07, 6.45) is 0.218. The highest BCUT2D eigenvalue weighted by Crippen LogP contribution is 2.23.